The molecule has 1 saturated heterocycles. The maximum absolute atomic E-state index is 11.7. The summed E-state index contributed by atoms with van der Waals surface area (Å²) in [5.41, 5.74) is 7.51. The van der Waals surface area contributed by atoms with Gasteiger partial charge in [0.15, 0.2) is 0 Å². The van der Waals surface area contributed by atoms with Crippen LogP contribution in [0.4, 0.5) is 5.69 Å². The number of amides is 1. The van der Waals surface area contributed by atoms with E-state index in [0.29, 0.717) is 18.7 Å². The smallest absolute Gasteiger partial charge is 0.241 e. The van der Waals surface area contributed by atoms with E-state index in [9.17, 15) is 10.1 Å². The predicted octanol–water partition coefficient (Wildman–Crippen LogP) is 0.370. The first-order chi connectivity index (χ1) is 10.2. The maximum atomic E-state index is 11.7. The normalized spacial score (nSPS) is 18.4. The molecule has 1 atom stereocenters. The van der Waals surface area contributed by atoms with Crippen LogP contribution in [0.5, 0.6) is 0 Å². The van der Waals surface area contributed by atoms with E-state index < -0.39 is 11.9 Å². The molecule has 0 aliphatic carbocycles. The topological polar surface area (TPSA) is 95.0 Å². The number of nitrogens with zero attached hydrogens (tertiary/aromatic N) is 3. The minimum atomic E-state index is -0.461. The zero-order valence-electron chi connectivity index (χ0n) is 11.4. The molecule has 6 heteroatoms. The van der Waals surface area contributed by atoms with Crippen molar-refractivity contribution in [1.82, 2.24) is 10.3 Å². The Morgan fingerprint density at radius 2 is 2.29 bits per heavy atom. The lowest BCUT2D eigenvalue weighted by Crippen LogP contribution is -2.57. The number of fused-ring (bicyclic) bond motifs is 1. The lowest BCUT2D eigenvalue weighted by molar-refractivity contribution is -0.119. The summed E-state index contributed by atoms with van der Waals surface area (Å²) >= 11 is 0. The summed E-state index contributed by atoms with van der Waals surface area (Å²) in [6, 6.07) is 9.31. The molecule has 0 radical (unpaired) electrons. The highest BCUT2D eigenvalue weighted by Gasteiger charge is 2.29. The number of pyridine rings is 1. The fraction of sp³-hybridized carbons (Fsp3) is 0.267. The Hall–Kier alpha value is -2.65. The Morgan fingerprint density at radius 1 is 1.48 bits per heavy atom. The molecule has 1 unspecified atom stereocenters. The van der Waals surface area contributed by atoms with Crippen molar-refractivity contribution < 1.29 is 4.79 Å². The quantitative estimate of drug-likeness (QED) is 0.829. The summed E-state index contributed by atoms with van der Waals surface area (Å²) in [7, 11) is 0. The van der Waals surface area contributed by atoms with Gasteiger partial charge in [-0.1, -0.05) is 18.2 Å². The minimum absolute atomic E-state index is 0.396. The molecule has 106 valence electrons. The van der Waals surface area contributed by atoms with Crippen LogP contribution in [0, 0.1) is 11.3 Å². The summed E-state index contributed by atoms with van der Waals surface area (Å²) in [5, 5.41) is 13.4. The molecule has 2 heterocycles. The van der Waals surface area contributed by atoms with Crippen LogP contribution in [-0.4, -0.2) is 36.6 Å². The zero-order valence-corrected chi connectivity index (χ0v) is 11.4. The van der Waals surface area contributed by atoms with Crippen LogP contribution in [0.15, 0.2) is 30.5 Å². The molecule has 6 nitrogen and oxygen atoms in total. The third-order valence-corrected chi connectivity index (χ3v) is 3.73. The number of para-hydroxylation sites is 1. The first-order valence-corrected chi connectivity index (χ1v) is 6.77. The van der Waals surface area contributed by atoms with Gasteiger partial charge in [-0.05, 0) is 6.07 Å². The van der Waals surface area contributed by atoms with Crippen LogP contribution in [0.3, 0.4) is 0 Å². The van der Waals surface area contributed by atoms with Gasteiger partial charge in [-0.15, -0.1) is 0 Å². The number of nitrogens with two attached hydrogens (primary N) is 1. The number of piperazine rings is 1. The second-order valence-corrected chi connectivity index (χ2v) is 4.97. The Kier molecular flexibility index (Phi) is 3.42. The molecule has 0 spiro atoms. The third-order valence-electron chi connectivity index (χ3n) is 3.73. The lowest BCUT2D eigenvalue weighted by atomic mass is 10.0. The monoisotopic (exact) mass is 281 g/mol. The highest BCUT2D eigenvalue weighted by atomic mass is 16.1. The summed E-state index contributed by atoms with van der Waals surface area (Å²) in [5.74, 6) is -0.396. The number of anilines is 1. The summed E-state index contributed by atoms with van der Waals surface area (Å²) in [6.07, 6.45) is 1.55. The number of rotatable bonds is 2. The molecular formula is C15H15N5O. The van der Waals surface area contributed by atoms with Gasteiger partial charge in [-0.2, -0.15) is 5.26 Å². The van der Waals surface area contributed by atoms with Gasteiger partial charge in [0.05, 0.1) is 16.8 Å². The second kappa shape index (κ2) is 5.38. The van der Waals surface area contributed by atoms with Crippen molar-refractivity contribution >= 4 is 22.5 Å². The van der Waals surface area contributed by atoms with Gasteiger partial charge in [0.1, 0.15) is 12.1 Å². The van der Waals surface area contributed by atoms with Crippen molar-refractivity contribution in [2.75, 3.05) is 24.5 Å². The van der Waals surface area contributed by atoms with Crippen molar-refractivity contribution in [3.63, 3.8) is 0 Å². The highest BCUT2D eigenvalue weighted by molar-refractivity contribution is 5.97. The third kappa shape index (κ3) is 2.28. The largest absolute Gasteiger partial charge is 0.368 e. The molecule has 1 aromatic carbocycles. The fourth-order valence-electron chi connectivity index (χ4n) is 2.74. The molecule has 3 rings (SSSR count). The van der Waals surface area contributed by atoms with Crippen LogP contribution >= 0.6 is 0 Å². The number of benzene rings is 1. The lowest BCUT2D eigenvalue weighted by Gasteiger charge is -2.37. The number of carbonyl (C=O) groups excluding carboxylic acids is 1. The molecule has 0 bridgehead atoms. The van der Waals surface area contributed by atoms with E-state index in [0.717, 1.165) is 23.1 Å². The molecule has 1 fully saturated rings. The van der Waals surface area contributed by atoms with E-state index in [1.165, 1.54) is 0 Å². The first kappa shape index (κ1) is 13.3. The molecule has 1 aliphatic heterocycles. The zero-order chi connectivity index (χ0) is 14.8. The average molecular weight is 281 g/mol. The number of carbonyl (C=O) groups is 1. The van der Waals surface area contributed by atoms with Crippen LogP contribution in [0.2, 0.25) is 0 Å². The summed E-state index contributed by atoms with van der Waals surface area (Å²) in [6.45, 7) is 1.85. The molecule has 2 aromatic rings. The molecule has 3 N–H and O–H groups in total. The molecule has 0 saturated carbocycles. The van der Waals surface area contributed by atoms with E-state index in [4.69, 9.17) is 5.73 Å². The van der Waals surface area contributed by atoms with Gasteiger partial charge in [-0.3, -0.25) is 9.78 Å². The van der Waals surface area contributed by atoms with E-state index >= 15 is 0 Å². The van der Waals surface area contributed by atoms with E-state index in [2.05, 4.69) is 16.4 Å². The van der Waals surface area contributed by atoms with Gasteiger partial charge in [-0.25, -0.2) is 0 Å². The number of aromatic nitrogens is 1. The molecule has 1 aliphatic rings. The van der Waals surface area contributed by atoms with Crippen LogP contribution < -0.4 is 16.0 Å². The van der Waals surface area contributed by atoms with Gasteiger partial charge in [0.25, 0.3) is 0 Å². The highest BCUT2D eigenvalue weighted by Crippen LogP contribution is 2.31. The Labute approximate surface area is 122 Å². The Bertz CT molecular complexity index is 736. The number of nitriles is 1. The van der Waals surface area contributed by atoms with Crippen molar-refractivity contribution in [1.29, 1.82) is 5.26 Å². The standard InChI is InChI=1S/C15H15N5O/c16-7-10-8-19-12-4-2-1-3-11(12)14(10)20-6-5-18-9-13(20)15(17)21/h1-4,8,13,18H,5-6,9H2,(H2,17,21). The van der Waals surface area contributed by atoms with Gasteiger partial charge in [0, 0.05) is 31.2 Å². The van der Waals surface area contributed by atoms with Crippen LogP contribution in [0.1, 0.15) is 5.56 Å². The van der Waals surface area contributed by atoms with E-state index in [1.54, 1.807) is 6.20 Å². The Morgan fingerprint density at radius 3 is 3.05 bits per heavy atom. The van der Waals surface area contributed by atoms with Crippen molar-refractivity contribution in [3.8, 4) is 6.07 Å². The SMILES string of the molecule is N#Cc1cnc2ccccc2c1N1CCNCC1C(N)=O. The van der Waals surface area contributed by atoms with Crippen LogP contribution in [0.25, 0.3) is 10.9 Å². The first-order valence-electron chi connectivity index (χ1n) is 6.77. The van der Waals surface area contributed by atoms with Crippen molar-refractivity contribution in [3.05, 3.63) is 36.0 Å². The molecular weight excluding hydrogens is 266 g/mol. The summed E-state index contributed by atoms with van der Waals surface area (Å²) in [4.78, 5) is 17.9. The van der Waals surface area contributed by atoms with Crippen molar-refractivity contribution in [2.24, 2.45) is 5.73 Å². The number of hydrogen-bond donors (Lipinski definition) is 2. The molecule has 21 heavy (non-hydrogen) atoms. The molecule has 1 amide bonds. The van der Waals surface area contributed by atoms with Gasteiger partial charge >= 0.3 is 0 Å². The maximum Gasteiger partial charge on any atom is 0.241 e. The fourth-order valence-corrected chi connectivity index (χ4v) is 2.74. The summed E-state index contributed by atoms with van der Waals surface area (Å²) < 4.78 is 0. The number of nitrogens with one attached hydrogen (secondary N) is 1. The second-order valence-electron chi connectivity index (χ2n) is 4.97. The average Bonchev–Trinajstić information content (AvgIpc) is 2.53. The van der Waals surface area contributed by atoms with Gasteiger partial charge in [0.2, 0.25) is 5.91 Å². The predicted molar refractivity (Wildman–Crippen MR) is 79.7 cm³/mol. The van der Waals surface area contributed by atoms with Crippen molar-refractivity contribution in [2.45, 2.75) is 6.04 Å². The van der Waals surface area contributed by atoms with E-state index in [-0.39, 0.29) is 0 Å². The Balaban J connectivity index is 2.22. The minimum Gasteiger partial charge on any atom is -0.368 e. The number of hydrogen-bond acceptors (Lipinski definition) is 5. The molecule has 1 aromatic heterocycles. The number of primary amides is 1. The van der Waals surface area contributed by atoms with Gasteiger partial charge < -0.3 is 16.0 Å². The van der Waals surface area contributed by atoms with Crippen LogP contribution in [-0.2, 0) is 4.79 Å². The van der Waals surface area contributed by atoms with E-state index in [1.807, 2.05) is 29.2 Å².